The van der Waals surface area contributed by atoms with Crippen LogP contribution in [0.15, 0.2) is 34.5 Å². The first kappa shape index (κ1) is 10.2. The van der Waals surface area contributed by atoms with Gasteiger partial charge in [0, 0.05) is 22.9 Å². The minimum atomic E-state index is 0.230. The average Bonchev–Trinajstić information content (AvgIpc) is 2.23. The van der Waals surface area contributed by atoms with Crippen LogP contribution in [-0.4, -0.2) is 11.5 Å². The summed E-state index contributed by atoms with van der Waals surface area (Å²) in [5.41, 5.74) is 7.52. The van der Waals surface area contributed by atoms with E-state index in [0.717, 1.165) is 17.7 Å². The van der Waals surface area contributed by atoms with Crippen molar-refractivity contribution in [3.63, 3.8) is 0 Å². The highest BCUT2D eigenvalue weighted by molar-refractivity contribution is 6.34. The third-order valence-electron chi connectivity index (χ3n) is 2.48. The van der Waals surface area contributed by atoms with Crippen molar-refractivity contribution in [2.24, 2.45) is 21.9 Å². The molecule has 1 atom stereocenters. The summed E-state index contributed by atoms with van der Waals surface area (Å²) in [5, 5.41) is 8.73. The Bertz CT molecular complexity index is 437. The molecule has 2 N–H and O–H groups in total. The van der Waals surface area contributed by atoms with Crippen LogP contribution in [0.4, 0.5) is 0 Å². The second-order valence-corrected chi connectivity index (χ2v) is 4.06. The van der Waals surface area contributed by atoms with E-state index in [2.05, 4.69) is 10.2 Å². The van der Waals surface area contributed by atoms with Gasteiger partial charge in [-0.15, -0.1) is 5.10 Å². The van der Waals surface area contributed by atoms with Crippen LogP contribution in [-0.2, 0) is 0 Å². The first-order valence-corrected chi connectivity index (χ1v) is 5.21. The van der Waals surface area contributed by atoms with Crippen LogP contribution in [0, 0.1) is 5.92 Å². The zero-order chi connectivity index (χ0) is 10.8. The highest BCUT2D eigenvalue weighted by Gasteiger charge is 2.18. The first-order chi connectivity index (χ1) is 7.18. The number of hydrogen-bond acceptors (Lipinski definition) is 3. The van der Waals surface area contributed by atoms with Crippen molar-refractivity contribution in [2.75, 3.05) is 0 Å². The third-order valence-corrected chi connectivity index (χ3v) is 2.80. The molecule has 0 fully saturated rings. The van der Waals surface area contributed by atoms with E-state index in [1.807, 2.05) is 31.2 Å². The predicted octanol–water partition coefficient (Wildman–Crippen LogP) is 2.44. The summed E-state index contributed by atoms with van der Waals surface area (Å²) in [6.07, 6.45) is 0.791. The van der Waals surface area contributed by atoms with Crippen molar-refractivity contribution in [1.29, 1.82) is 0 Å². The van der Waals surface area contributed by atoms with E-state index in [4.69, 9.17) is 17.3 Å². The lowest BCUT2D eigenvalue weighted by molar-refractivity contribution is 0.779. The Morgan fingerprint density at radius 3 is 2.73 bits per heavy atom. The van der Waals surface area contributed by atoms with Gasteiger partial charge in [-0.1, -0.05) is 36.7 Å². The molecule has 1 aliphatic heterocycles. The third kappa shape index (κ3) is 2.02. The van der Waals surface area contributed by atoms with E-state index < -0.39 is 0 Å². The number of benzene rings is 1. The molecule has 1 aromatic carbocycles. The van der Waals surface area contributed by atoms with Crippen molar-refractivity contribution in [3.8, 4) is 0 Å². The molecule has 1 aliphatic rings. The average molecular weight is 222 g/mol. The summed E-state index contributed by atoms with van der Waals surface area (Å²) in [4.78, 5) is 0. The zero-order valence-corrected chi connectivity index (χ0v) is 9.20. The molecule has 0 aromatic heterocycles. The van der Waals surface area contributed by atoms with E-state index in [0.29, 0.717) is 10.9 Å². The molecule has 1 aromatic rings. The number of halogens is 1. The predicted molar refractivity (Wildman–Crippen MR) is 63.4 cm³/mol. The summed E-state index contributed by atoms with van der Waals surface area (Å²) >= 11 is 6.08. The Labute approximate surface area is 93.7 Å². The maximum Gasteiger partial charge on any atom is 0.125 e. The molecule has 15 heavy (non-hydrogen) atoms. The van der Waals surface area contributed by atoms with Crippen LogP contribution in [0.3, 0.4) is 0 Å². The van der Waals surface area contributed by atoms with Crippen LogP contribution < -0.4 is 5.73 Å². The van der Waals surface area contributed by atoms with Gasteiger partial charge in [0.1, 0.15) is 5.84 Å². The lowest BCUT2D eigenvalue weighted by atomic mass is 9.97. The Balaban J connectivity index is 2.38. The van der Waals surface area contributed by atoms with Gasteiger partial charge in [-0.25, -0.2) is 0 Å². The number of rotatable bonds is 1. The lowest BCUT2D eigenvalue weighted by Gasteiger charge is -2.16. The fourth-order valence-corrected chi connectivity index (χ4v) is 1.76. The molecule has 0 saturated heterocycles. The van der Waals surface area contributed by atoms with Crippen LogP contribution in [0.1, 0.15) is 18.9 Å². The summed E-state index contributed by atoms with van der Waals surface area (Å²) < 4.78 is 0. The Morgan fingerprint density at radius 2 is 2.07 bits per heavy atom. The summed E-state index contributed by atoms with van der Waals surface area (Å²) in [6, 6.07) is 7.64. The molecular formula is C11H12ClN3. The van der Waals surface area contributed by atoms with E-state index in [9.17, 15) is 0 Å². The minimum Gasteiger partial charge on any atom is -0.385 e. The van der Waals surface area contributed by atoms with Gasteiger partial charge in [-0.3, -0.25) is 0 Å². The van der Waals surface area contributed by atoms with Gasteiger partial charge >= 0.3 is 0 Å². The Kier molecular flexibility index (Phi) is 2.73. The lowest BCUT2D eigenvalue weighted by Crippen LogP contribution is -2.26. The van der Waals surface area contributed by atoms with E-state index in [1.54, 1.807) is 0 Å². The van der Waals surface area contributed by atoms with Crippen molar-refractivity contribution in [1.82, 2.24) is 0 Å². The largest absolute Gasteiger partial charge is 0.385 e. The van der Waals surface area contributed by atoms with Crippen molar-refractivity contribution < 1.29 is 0 Å². The van der Waals surface area contributed by atoms with Crippen LogP contribution in [0.25, 0.3) is 0 Å². The maximum absolute atomic E-state index is 6.08. The first-order valence-electron chi connectivity index (χ1n) is 4.83. The second kappa shape index (κ2) is 4.03. The van der Waals surface area contributed by atoms with Crippen LogP contribution in [0.5, 0.6) is 0 Å². The highest BCUT2D eigenvalue weighted by Crippen LogP contribution is 2.21. The Hall–Kier alpha value is -1.35. The fourth-order valence-electron chi connectivity index (χ4n) is 1.51. The zero-order valence-electron chi connectivity index (χ0n) is 8.44. The quantitative estimate of drug-likeness (QED) is 0.778. The minimum absolute atomic E-state index is 0.230. The number of hydrogen-bond donors (Lipinski definition) is 1. The fraction of sp³-hybridized carbons (Fsp3) is 0.273. The molecule has 0 radical (unpaired) electrons. The molecule has 2 rings (SSSR count). The molecule has 0 amide bonds. The van der Waals surface area contributed by atoms with E-state index in [1.165, 1.54) is 0 Å². The van der Waals surface area contributed by atoms with Gasteiger partial charge in [0.2, 0.25) is 0 Å². The van der Waals surface area contributed by atoms with Gasteiger partial charge < -0.3 is 5.73 Å². The summed E-state index contributed by atoms with van der Waals surface area (Å²) in [6.45, 7) is 2.03. The summed E-state index contributed by atoms with van der Waals surface area (Å²) in [5.74, 6) is 0.819. The SMILES string of the molecule is CC1CC(c2ccccc2Cl)=NN=C1N. The number of amidine groups is 1. The standard InChI is InChI=1S/C11H12ClN3/c1-7-6-10(14-15-11(7)13)8-4-2-3-5-9(8)12/h2-5,7H,6H2,1H3,(H2,13,15). The van der Waals surface area contributed by atoms with Crippen molar-refractivity contribution in [3.05, 3.63) is 34.9 Å². The molecule has 1 heterocycles. The molecule has 0 spiro atoms. The molecule has 0 aliphatic carbocycles. The second-order valence-electron chi connectivity index (χ2n) is 3.66. The molecule has 78 valence electrons. The van der Waals surface area contributed by atoms with Gasteiger partial charge in [-0.05, 0) is 6.07 Å². The van der Waals surface area contributed by atoms with Crippen molar-refractivity contribution in [2.45, 2.75) is 13.3 Å². The monoisotopic (exact) mass is 221 g/mol. The summed E-state index contributed by atoms with van der Waals surface area (Å²) in [7, 11) is 0. The van der Waals surface area contributed by atoms with Crippen LogP contribution in [0.2, 0.25) is 5.02 Å². The number of nitrogens with zero attached hydrogens (tertiary/aromatic N) is 2. The normalized spacial score (nSPS) is 20.8. The molecule has 4 heteroatoms. The highest BCUT2D eigenvalue weighted by atomic mass is 35.5. The van der Waals surface area contributed by atoms with E-state index >= 15 is 0 Å². The van der Waals surface area contributed by atoms with Crippen LogP contribution >= 0.6 is 11.6 Å². The van der Waals surface area contributed by atoms with Gasteiger partial charge in [0.25, 0.3) is 0 Å². The topological polar surface area (TPSA) is 50.7 Å². The smallest absolute Gasteiger partial charge is 0.125 e. The number of nitrogens with two attached hydrogens (primary N) is 1. The van der Waals surface area contributed by atoms with E-state index in [-0.39, 0.29) is 5.92 Å². The van der Waals surface area contributed by atoms with Gasteiger partial charge in [0.05, 0.1) is 5.71 Å². The molecule has 3 nitrogen and oxygen atoms in total. The maximum atomic E-state index is 6.08. The van der Waals surface area contributed by atoms with Gasteiger partial charge in [-0.2, -0.15) is 5.10 Å². The molecular weight excluding hydrogens is 210 g/mol. The van der Waals surface area contributed by atoms with Gasteiger partial charge in [0.15, 0.2) is 0 Å². The Morgan fingerprint density at radius 1 is 1.33 bits per heavy atom. The van der Waals surface area contributed by atoms with Crippen molar-refractivity contribution >= 4 is 23.1 Å². The molecule has 0 saturated carbocycles. The molecule has 1 unspecified atom stereocenters. The molecule has 0 bridgehead atoms.